The predicted octanol–water partition coefficient (Wildman–Crippen LogP) is 5.67. The summed E-state index contributed by atoms with van der Waals surface area (Å²) >= 11 is 3.41. The highest BCUT2D eigenvalue weighted by Crippen LogP contribution is 2.26. The maximum absolute atomic E-state index is 10.1. The molecule has 0 saturated heterocycles. The minimum atomic E-state index is 0.122. The summed E-state index contributed by atoms with van der Waals surface area (Å²) in [6, 6.07) is 20.3. The maximum atomic E-state index is 10.1. The van der Waals surface area contributed by atoms with Crippen LogP contribution >= 0.6 is 15.9 Å². The van der Waals surface area contributed by atoms with Gasteiger partial charge in [-0.05, 0) is 72.3 Å². The Morgan fingerprint density at radius 2 is 1.58 bits per heavy atom. The zero-order valence-electron chi connectivity index (χ0n) is 18.0. The summed E-state index contributed by atoms with van der Waals surface area (Å²) in [6.45, 7) is 0. The van der Waals surface area contributed by atoms with Crippen molar-refractivity contribution in [3.8, 4) is 28.5 Å². The van der Waals surface area contributed by atoms with E-state index >= 15 is 0 Å². The number of aromatic nitrogens is 2. The number of aliphatic imine (C=N–C) groups is 1. The quantitative estimate of drug-likeness (QED) is 0.329. The van der Waals surface area contributed by atoms with Crippen LogP contribution in [0.1, 0.15) is 11.1 Å². The molecule has 0 atom stereocenters. The summed E-state index contributed by atoms with van der Waals surface area (Å²) in [5.41, 5.74) is 3.06. The van der Waals surface area contributed by atoms with E-state index in [2.05, 4.69) is 31.0 Å². The van der Waals surface area contributed by atoms with Crippen molar-refractivity contribution in [1.29, 1.82) is 0 Å². The molecule has 0 aliphatic heterocycles. The lowest BCUT2D eigenvalue weighted by atomic mass is 10.2. The van der Waals surface area contributed by atoms with E-state index in [0.717, 1.165) is 27.1 Å². The van der Waals surface area contributed by atoms with E-state index in [1.54, 1.807) is 55.7 Å². The van der Waals surface area contributed by atoms with Crippen LogP contribution in [0.15, 0.2) is 87.5 Å². The minimum Gasteiger partial charge on any atom is -0.507 e. The van der Waals surface area contributed by atoms with Gasteiger partial charge in [0.2, 0.25) is 0 Å². The lowest BCUT2D eigenvalue weighted by Gasteiger charge is -2.00. The minimum absolute atomic E-state index is 0.122. The molecule has 0 aliphatic rings. The third-order valence-corrected chi connectivity index (χ3v) is 5.30. The van der Waals surface area contributed by atoms with E-state index in [9.17, 15) is 5.11 Å². The molecule has 0 aliphatic carbocycles. The number of hydrogen-bond donors (Lipinski definition) is 1. The van der Waals surface area contributed by atoms with Gasteiger partial charge < -0.3 is 14.6 Å². The SMILES string of the molecule is COc1ccc(/C=N/n2cc(-c3ccc(OC)cc3)nc2/N=C/c2cc(Br)ccc2O)cc1. The van der Waals surface area contributed by atoms with Crippen molar-refractivity contribution in [1.82, 2.24) is 9.66 Å². The van der Waals surface area contributed by atoms with Gasteiger partial charge in [0, 0.05) is 21.8 Å². The first-order valence-corrected chi connectivity index (χ1v) is 10.8. The molecule has 1 aromatic heterocycles. The number of methoxy groups -OCH3 is 2. The molecule has 0 radical (unpaired) electrons. The van der Waals surface area contributed by atoms with Crippen LogP contribution in [0.2, 0.25) is 0 Å². The van der Waals surface area contributed by atoms with Crippen molar-refractivity contribution >= 4 is 34.3 Å². The third kappa shape index (κ3) is 5.48. The molecule has 0 fully saturated rings. The lowest BCUT2D eigenvalue weighted by molar-refractivity contribution is 0.414. The Labute approximate surface area is 199 Å². The van der Waals surface area contributed by atoms with E-state index in [4.69, 9.17) is 9.47 Å². The van der Waals surface area contributed by atoms with Crippen molar-refractivity contribution in [3.05, 3.63) is 88.5 Å². The van der Waals surface area contributed by atoms with Gasteiger partial charge in [0.15, 0.2) is 0 Å². The molecule has 3 aromatic carbocycles. The number of aromatic hydroxyl groups is 1. The number of hydrogen-bond acceptors (Lipinski definition) is 6. The van der Waals surface area contributed by atoms with Gasteiger partial charge >= 0.3 is 0 Å². The normalized spacial score (nSPS) is 11.4. The van der Waals surface area contributed by atoms with Gasteiger partial charge in [0.05, 0.1) is 32.3 Å². The van der Waals surface area contributed by atoms with Crippen LogP contribution in [-0.2, 0) is 0 Å². The Balaban J connectivity index is 1.70. The lowest BCUT2D eigenvalue weighted by Crippen LogP contribution is -1.90. The first-order valence-electron chi connectivity index (χ1n) is 10.0. The molecule has 4 aromatic rings. The largest absolute Gasteiger partial charge is 0.507 e. The molecule has 0 spiro atoms. The fraction of sp³-hybridized carbons (Fsp3) is 0.0800. The number of rotatable bonds is 7. The molecule has 0 saturated carbocycles. The van der Waals surface area contributed by atoms with Crippen LogP contribution in [0.5, 0.6) is 17.2 Å². The van der Waals surface area contributed by atoms with Crippen LogP contribution in [0, 0.1) is 0 Å². The summed E-state index contributed by atoms with van der Waals surface area (Å²) < 4.78 is 12.9. The molecule has 1 N–H and O–H groups in total. The van der Waals surface area contributed by atoms with Crippen molar-refractivity contribution < 1.29 is 14.6 Å². The molecule has 4 rings (SSSR count). The van der Waals surface area contributed by atoms with Gasteiger partial charge in [-0.1, -0.05) is 15.9 Å². The number of halogens is 1. The first-order chi connectivity index (χ1) is 16.1. The van der Waals surface area contributed by atoms with Crippen LogP contribution in [0.25, 0.3) is 11.3 Å². The number of nitrogens with zero attached hydrogens (tertiary/aromatic N) is 4. The molecule has 0 bridgehead atoms. The van der Waals surface area contributed by atoms with Crippen molar-refractivity contribution in [2.24, 2.45) is 10.1 Å². The van der Waals surface area contributed by atoms with Crippen molar-refractivity contribution in [2.45, 2.75) is 0 Å². The highest BCUT2D eigenvalue weighted by atomic mass is 79.9. The second-order valence-corrected chi connectivity index (χ2v) is 7.89. The van der Waals surface area contributed by atoms with Gasteiger partial charge in [-0.2, -0.15) is 5.10 Å². The smallest absolute Gasteiger partial charge is 0.251 e. The summed E-state index contributed by atoms with van der Waals surface area (Å²) in [5, 5.41) is 14.7. The Bertz CT molecular complexity index is 1300. The second-order valence-electron chi connectivity index (χ2n) is 6.98. The highest BCUT2D eigenvalue weighted by Gasteiger charge is 2.09. The Kier molecular flexibility index (Phi) is 6.85. The molecule has 0 unspecified atom stereocenters. The molecule has 166 valence electrons. The predicted molar refractivity (Wildman–Crippen MR) is 133 cm³/mol. The number of benzene rings is 3. The standard InChI is InChI=1S/C25H21BrN4O3/c1-32-21-8-3-17(4-9-21)14-28-30-16-23(18-5-10-22(33-2)11-6-18)29-25(30)27-15-19-13-20(26)7-12-24(19)31/h3-16,31H,1-2H3/b27-15+,28-14+. The molecular weight excluding hydrogens is 484 g/mol. The van der Waals surface area contributed by atoms with Crippen molar-refractivity contribution in [2.75, 3.05) is 14.2 Å². The van der Waals surface area contributed by atoms with E-state index in [1.807, 2.05) is 48.5 Å². The Morgan fingerprint density at radius 3 is 2.24 bits per heavy atom. The summed E-state index contributed by atoms with van der Waals surface area (Å²) in [7, 11) is 3.25. The first kappa shape index (κ1) is 22.3. The van der Waals surface area contributed by atoms with E-state index < -0.39 is 0 Å². The number of phenols is 1. The monoisotopic (exact) mass is 504 g/mol. The molecule has 0 amide bonds. The summed E-state index contributed by atoms with van der Waals surface area (Å²) in [6.07, 6.45) is 5.07. The van der Waals surface area contributed by atoms with Crippen LogP contribution in [0.3, 0.4) is 0 Å². The van der Waals surface area contributed by atoms with Gasteiger partial charge in [0.1, 0.15) is 17.2 Å². The topological polar surface area (TPSA) is 81.2 Å². The molecule has 33 heavy (non-hydrogen) atoms. The zero-order valence-corrected chi connectivity index (χ0v) is 19.6. The average molecular weight is 505 g/mol. The van der Waals surface area contributed by atoms with Crippen LogP contribution in [0.4, 0.5) is 5.95 Å². The summed E-state index contributed by atoms with van der Waals surface area (Å²) in [4.78, 5) is 9.13. The average Bonchev–Trinajstić information content (AvgIpc) is 3.26. The second kappa shape index (κ2) is 10.1. The number of phenolic OH excluding ortho intramolecular Hbond substituents is 1. The molecule has 7 nitrogen and oxygen atoms in total. The number of imidazole rings is 1. The Morgan fingerprint density at radius 1 is 0.909 bits per heavy atom. The fourth-order valence-electron chi connectivity index (χ4n) is 3.01. The van der Waals surface area contributed by atoms with Gasteiger partial charge in [-0.3, -0.25) is 0 Å². The van der Waals surface area contributed by atoms with Gasteiger partial charge in [-0.15, -0.1) is 0 Å². The number of ether oxygens (including phenoxy) is 2. The third-order valence-electron chi connectivity index (χ3n) is 4.81. The van der Waals surface area contributed by atoms with Crippen LogP contribution < -0.4 is 9.47 Å². The summed E-state index contributed by atoms with van der Waals surface area (Å²) in [5.74, 6) is 2.02. The maximum Gasteiger partial charge on any atom is 0.251 e. The molecular formula is C25H21BrN4O3. The van der Waals surface area contributed by atoms with E-state index in [1.165, 1.54) is 0 Å². The fourth-order valence-corrected chi connectivity index (χ4v) is 3.39. The molecule has 1 heterocycles. The van der Waals surface area contributed by atoms with Gasteiger partial charge in [0.25, 0.3) is 5.95 Å². The molecule has 8 heteroatoms. The zero-order chi connectivity index (χ0) is 23.2. The Hall–Kier alpha value is -3.91. The highest BCUT2D eigenvalue weighted by molar-refractivity contribution is 9.10. The van der Waals surface area contributed by atoms with E-state index in [0.29, 0.717) is 17.2 Å². The van der Waals surface area contributed by atoms with Crippen LogP contribution in [-0.4, -0.2) is 41.4 Å². The van der Waals surface area contributed by atoms with E-state index in [-0.39, 0.29) is 5.75 Å². The van der Waals surface area contributed by atoms with Gasteiger partial charge in [-0.25, -0.2) is 14.7 Å². The van der Waals surface area contributed by atoms with Crippen molar-refractivity contribution in [3.63, 3.8) is 0 Å².